The molecule has 0 unspecified atom stereocenters. The van der Waals surface area contributed by atoms with Crippen LogP contribution >= 0.6 is 0 Å². The van der Waals surface area contributed by atoms with E-state index < -0.39 is 10.2 Å². The van der Waals surface area contributed by atoms with Crippen molar-refractivity contribution < 1.29 is 33.6 Å². The van der Waals surface area contributed by atoms with Gasteiger partial charge in [0, 0.05) is 0 Å². The van der Waals surface area contributed by atoms with Crippen molar-refractivity contribution in [1.82, 2.24) is 0 Å². The quantitative estimate of drug-likeness (QED) is 0.576. The molecule has 0 radical (unpaired) electrons. The summed E-state index contributed by atoms with van der Waals surface area (Å²) in [6.45, 7) is 0. The van der Waals surface area contributed by atoms with E-state index in [1.165, 1.54) is 56.9 Å². The zero-order valence-corrected chi connectivity index (χ0v) is 17.8. The molecule has 2 aromatic rings. The molecule has 1 aromatic carbocycles. The monoisotopic (exact) mass is 458 g/mol. The van der Waals surface area contributed by atoms with Gasteiger partial charge < -0.3 is 0 Å². The fraction of sp³-hybridized carbons (Fsp3) is 0.450. The van der Waals surface area contributed by atoms with Gasteiger partial charge in [-0.2, -0.15) is 0 Å². The molecule has 1 heterocycles. The minimum Gasteiger partial charge on any atom is -0.222 e. The van der Waals surface area contributed by atoms with Gasteiger partial charge in [-0.15, -0.1) is 10.2 Å². The number of aryl methyl sites for hydroxylation is 2. The minimum absolute atomic E-state index is 0.654. The van der Waals surface area contributed by atoms with Crippen molar-refractivity contribution >= 4 is 14.5 Å². The van der Waals surface area contributed by atoms with Gasteiger partial charge in [0.05, 0.1) is 0 Å². The Morgan fingerprint density at radius 2 is 1.22 bits per heavy atom. The van der Waals surface area contributed by atoms with Gasteiger partial charge in [0.1, 0.15) is 0 Å². The molecule has 0 aliphatic heterocycles. The Hall–Kier alpha value is -0.981. The number of halogens is 1. The van der Waals surface area contributed by atoms with Crippen molar-refractivity contribution in [3.05, 3.63) is 44.3 Å². The second-order valence-electron chi connectivity index (χ2n) is 6.80. The van der Waals surface area contributed by atoms with E-state index in [2.05, 4.69) is 24.3 Å². The molecule has 0 saturated heterocycles. The van der Waals surface area contributed by atoms with Crippen LogP contribution in [0.4, 0.5) is 0 Å². The van der Waals surface area contributed by atoms with E-state index in [1.807, 2.05) is 8.87 Å². The SMILES string of the molecule is COc1ccc(-c2c3c([se+]c4c2CCCC4)CCCC3)cc1.[O-][Cl+3]([O-])([O-])[O-]. The Balaban J connectivity index is 0.000000376. The smallest absolute Gasteiger partial charge is 0.112 e. The van der Waals surface area contributed by atoms with Crippen molar-refractivity contribution in [3.8, 4) is 16.9 Å². The van der Waals surface area contributed by atoms with Crippen LogP contribution in [-0.4, -0.2) is 21.6 Å². The largest absolute Gasteiger partial charge is 0.222 e. The Morgan fingerprint density at radius 1 is 0.778 bits per heavy atom. The average molecular weight is 458 g/mol. The third-order valence-corrected chi connectivity index (χ3v) is 7.99. The van der Waals surface area contributed by atoms with Crippen molar-refractivity contribution in [3.63, 3.8) is 0 Å². The van der Waals surface area contributed by atoms with Crippen molar-refractivity contribution in [2.45, 2.75) is 51.4 Å². The predicted molar refractivity (Wildman–Crippen MR) is 93.1 cm³/mol. The molecule has 0 atom stereocenters. The molecule has 2 aliphatic rings. The van der Waals surface area contributed by atoms with Gasteiger partial charge in [-0.05, 0) is 0 Å². The number of hydrogen-bond acceptors (Lipinski definition) is 5. The van der Waals surface area contributed by atoms with Crippen LogP contribution in [0.15, 0.2) is 24.3 Å². The summed E-state index contributed by atoms with van der Waals surface area (Å²) < 4.78 is 42.9. The summed E-state index contributed by atoms with van der Waals surface area (Å²) in [7, 11) is -3.20. The summed E-state index contributed by atoms with van der Waals surface area (Å²) >= 11 is 0.654. The van der Waals surface area contributed by atoms with E-state index in [-0.39, 0.29) is 0 Å². The maximum Gasteiger partial charge on any atom is -0.112 e. The number of benzene rings is 1. The molecular formula is C20H23ClO5Se. The standard InChI is InChI=1S/C20H23OSe.ClHO4/c1-21-15-12-10-14(11-13-15)20-16-6-2-4-8-18(16)22-19-9-5-3-7-17(19)20;2-1(3,4)5/h10-13H,2-9H2,1H3;(H,2,3,4,5)/q+1;/p-1. The van der Waals surface area contributed by atoms with Gasteiger partial charge in [0.25, 0.3) is 0 Å². The Bertz CT molecular complexity index is 746. The first kappa shape index (κ1) is 20.7. The fourth-order valence-corrected chi connectivity index (χ4v) is 6.98. The summed E-state index contributed by atoms with van der Waals surface area (Å²) in [6.07, 6.45) is 10.9. The number of hydrogen-bond donors (Lipinski definition) is 0. The van der Waals surface area contributed by atoms with Crippen LogP contribution in [0.3, 0.4) is 0 Å². The van der Waals surface area contributed by atoms with Crippen LogP contribution in [0.2, 0.25) is 0 Å². The van der Waals surface area contributed by atoms with Gasteiger partial charge in [0.15, 0.2) is 0 Å². The Labute approximate surface area is 167 Å². The zero-order chi connectivity index (χ0) is 19.4. The van der Waals surface area contributed by atoms with E-state index in [0.29, 0.717) is 14.5 Å². The summed E-state index contributed by atoms with van der Waals surface area (Å²) in [4.78, 5) is 0. The molecule has 0 amide bonds. The van der Waals surface area contributed by atoms with Gasteiger partial charge >= 0.3 is 139 Å². The summed E-state index contributed by atoms with van der Waals surface area (Å²) in [6, 6.07) is 8.78. The minimum atomic E-state index is -4.94. The zero-order valence-electron chi connectivity index (χ0n) is 15.3. The van der Waals surface area contributed by atoms with Crippen molar-refractivity contribution in [2.24, 2.45) is 0 Å². The second-order valence-corrected chi connectivity index (χ2v) is 10.1. The van der Waals surface area contributed by atoms with Crippen LogP contribution in [0.25, 0.3) is 11.1 Å². The predicted octanol–water partition coefficient (Wildman–Crippen LogP) is -0.298. The van der Waals surface area contributed by atoms with E-state index >= 15 is 0 Å². The average Bonchev–Trinajstić information content (AvgIpc) is 2.65. The number of ether oxygens (including phenoxy) is 1. The van der Waals surface area contributed by atoms with Crippen molar-refractivity contribution in [2.75, 3.05) is 7.11 Å². The molecule has 2 aliphatic carbocycles. The maximum atomic E-state index is 8.49. The van der Waals surface area contributed by atoms with E-state index in [9.17, 15) is 0 Å². The molecule has 146 valence electrons. The molecule has 4 rings (SSSR count). The van der Waals surface area contributed by atoms with Gasteiger partial charge in [-0.25, -0.2) is 18.6 Å². The molecule has 0 saturated carbocycles. The molecule has 7 heteroatoms. The molecule has 0 spiro atoms. The van der Waals surface area contributed by atoms with E-state index in [4.69, 9.17) is 23.4 Å². The van der Waals surface area contributed by atoms with Crippen LogP contribution in [0.1, 0.15) is 45.7 Å². The summed E-state index contributed by atoms with van der Waals surface area (Å²) in [5, 5.41) is 0. The third-order valence-electron chi connectivity index (χ3n) is 5.06. The van der Waals surface area contributed by atoms with Crippen molar-refractivity contribution in [1.29, 1.82) is 0 Å². The third kappa shape index (κ3) is 5.52. The van der Waals surface area contributed by atoms with Gasteiger partial charge in [-0.3, -0.25) is 0 Å². The fourth-order valence-electron chi connectivity index (χ4n) is 3.95. The summed E-state index contributed by atoms with van der Waals surface area (Å²) in [5.41, 5.74) is 6.47. The maximum absolute atomic E-state index is 8.49. The molecule has 5 nitrogen and oxygen atoms in total. The van der Waals surface area contributed by atoms with E-state index in [1.54, 1.807) is 23.8 Å². The molecule has 0 bridgehead atoms. The molecule has 0 N–H and O–H groups in total. The van der Waals surface area contributed by atoms with Crippen LogP contribution in [-0.2, 0) is 25.7 Å². The Morgan fingerprint density at radius 3 is 1.67 bits per heavy atom. The van der Waals surface area contributed by atoms with E-state index in [0.717, 1.165) is 5.75 Å². The van der Waals surface area contributed by atoms with Crippen LogP contribution in [0, 0.1) is 10.2 Å². The number of fused-ring (bicyclic) bond motifs is 2. The summed E-state index contributed by atoms with van der Waals surface area (Å²) in [5.74, 6) is 0.958. The Kier molecular flexibility index (Phi) is 6.93. The second kappa shape index (κ2) is 9.01. The normalized spacial score (nSPS) is 15.9. The molecule has 0 fully saturated rings. The first-order chi connectivity index (χ1) is 12.9. The molecular weight excluding hydrogens is 435 g/mol. The number of rotatable bonds is 2. The van der Waals surface area contributed by atoms with Crippen LogP contribution < -0.4 is 23.4 Å². The first-order valence-electron chi connectivity index (χ1n) is 9.12. The van der Waals surface area contributed by atoms with Crippen LogP contribution in [0.5, 0.6) is 5.75 Å². The molecule has 1 aromatic heterocycles. The topological polar surface area (TPSA) is 101 Å². The first-order valence-corrected chi connectivity index (χ1v) is 12.1. The number of methoxy groups -OCH3 is 1. The molecule has 27 heavy (non-hydrogen) atoms. The van der Waals surface area contributed by atoms with Gasteiger partial charge in [-0.1, -0.05) is 0 Å². The van der Waals surface area contributed by atoms with Gasteiger partial charge in [0.2, 0.25) is 0 Å².